The summed E-state index contributed by atoms with van der Waals surface area (Å²) in [4.78, 5) is 17.6. The molecule has 0 amide bonds. The van der Waals surface area contributed by atoms with E-state index < -0.39 is 51.3 Å². The number of nitro benzene ring substituents is 2. The first-order valence-electron chi connectivity index (χ1n) is 8.18. The molecule has 0 spiro atoms. The number of hydrogen-bond acceptors (Lipinski definition) is 11. The molecule has 3 aromatic rings. The van der Waals surface area contributed by atoms with Gasteiger partial charge < -0.3 is 5.11 Å². The third-order valence-electron chi connectivity index (χ3n) is 3.98. The molecule has 0 aliphatic carbocycles. The summed E-state index contributed by atoms with van der Waals surface area (Å²) in [5, 5.41) is 32.7. The third kappa shape index (κ3) is 8.24. The van der Waals surface area contributed by atoms with Crippen molar-refractivity contribution in [1.82, 2.24) is 0 Å². The van der Waals surface area contributed by atoms with Gasteiger partial charge in [0.05, 0.1) is 14.7 Å². The fourth-order valence-electron chi connectivity index (χ4n) is 2.51. The Labute approximate surface area is 241 Å². The standard InChI is InChI=1S/C10H8N2O7S2.C6H4N2O4.2Na.2H/c11-12-10-7-3-5(20(14,15)16)1-2-6(7)8(13)4-9(10)21(17,18)19;9-7(10)5-1-2-6(4-3-5)8(11)12;;;;/h1-4,11,13H,(H,14,15,16)(H,17,18,19);1-4H;;;;. The normalized spacial score (nSPS) is 10.7. The topological polar surface area (TPSA) is 251 Å². The zero-order valence-corrected chi connectivity index (χ0v) is 17.5. The summed E-state index contributed by atoms with van der Waals surface area (Å²) in [6.45, 7) is 0. The van der Waals surface area contributed by atoms with Gasteiger partial charge in [0.25, 0.3) is 31.6 Å². The first-order chi connectivity index (χ1) is 15.2. The van der Waals surface area contributed by atoms with Gasteiger partial charge in [-0.1, -0.05) is 0 Å². The zero-order valence-electron chi connectivity index (χ0n) is 15.9. The third-order valence-corrected chi connectivity index (χ3v) is 5.70. The summed E-state index contributed by atoms with van der Waals surface area (Å²) in [6, 6.07) is 8.01. The van der Waals surface area contributed by atoms with Crippen molar-refractivity contribution in [1.29, 1.82) is 5.53 Å². The molecule has 35 heavy (non-hydrogen) atoms. The van der Waals surface area contributed by atoms with Crippen LogP contribution in [0.5, 0.6) is 5.75 Å². The predicted octanol–water partition coefficient (Wildman–Crippen LogP) is 1.91. The van der Waals surface area contributed by atoms with Crippen molar-refractivity contribution >= 4 is 107 Å². The molecule has 0 saturated carbocycles. The van der Waals surface area contributed by atoms with E-state index in [4.69, 9.17) is 14.6 Å². The SMILES string of the molecule is N=Nc1c(S(=O)(=O)O)cc(O)c2ccc(S(=O)(=O)O)cc12.O=[N+]([O-])c1ccc([N+](=O)[O-])cc1.[NaH].[NaH]. The van der Waals surface area contributed by atoms with Gasteiger partial charge in [-0.3, -0.25) is 29.3 Å². The first kappa shape index (κ1) is 32.9. The molecule has 3 rings (SSSR count). The number of non-ortho nitro benzene ring substituents is 2. The van der Waals surface area contributed by atoms with Crippen LogP contribution < -0.4 is 0 Å². The van der Waals surface area contributed by atoms with E-state index in [9.17, 15) is 42.2 Å². The van der Waals surface area contributed by atoms with Crippen LogP contribution >= 0.6 is 0 Å². The minimum atomic E-state index is -4.79. The van der Waals surface area contributed by atoms with E-state index in [1.807, 2.05) is 0 Å². The second-order valence-electron chi connectivity index (χ2n) is 6.04. The second kappa shape index (κ2) is 12.8. The Morgan fingerprint density at radius 3 is 1.57 bits per heavy atom. The Kier molecular flexibility index (Phi) is 12.0. The average molecular weight is 548 g/mol. The van der Waals surface area contributed by atoms with Crippen molar-refractivity contribution in [3.05, 3.63) is 68.8 Å². The molecule has 4 N–H and O–H groups in total. The Balaban J connectivity index is 0.000000712. The van der Waals surface area contributed by atoms with Gasteiger partial charge in [-0.15, -0.1) is 0 Å². The van der Waals surface area contributed by atoms with Gasteiger partial charge in [0, 0.05) is 41.1 Å². The Hall–Kier alpha value is -2.06. The number of phenols is 1. The van der Waals surface area contributed by atoms with E-state index in [1.54, 1.807) is 0 Å². The molecule has 178 valence electrons. The fraction of sp³-hybridized carbons (Fsp3) is 0. The Bertz CT molecular complexity index is 1460. The van der Waals surface area contributed by atoms with Gasteiger partial charge in [-0.2, -0.15) is 21.9 Å². The molecule has 0 saturated heterocycles. The van der Waals surface area contributed by atoms with Gasteiger partial charge >= 0.3 is 59.1 Å². The monoisotopic (exact) mass is 548 g/mol. The van der Waals surface area contributed by atoms with Crippen molar-refractivity contribution in [2.75, 3.05) is 0 Å². The maximum absolute atomic E-state index is 11.2. The summed E-state index contributed by atoms with van der Waals surface area (Å²) in [5.74, 6) is -0.563. The minimum absolute atomic E-state index is 0. The first-order valence-corrected chi connectivity index (χ1v) is 11.1. The van der Waals surface area contributed by atoms with E-state index in [0.29, 0.717) is 6.07 Å². The molecule has 0 aliphatic heterocycles. The van der Waals surface area contributed by atoms with Crippen LogP contribution in [0.3, 0.4) is 0 Å². The summed E-state index contributed by atoms with van der Waals surface area (Å²) in [5.41, 5.74) is 6.14. The molecule has 3 aromatic carbocycles. The summed E-state index contributed by atoms with van der Waals surface area (Å²) >= 11 is 0. The Morgan fingerprint density at radius 2 is 1.23 bits per heavy atom. The van der Waals surface area contributed by atoms with E-state index >= 15 is 0 Å². The molecule has 0 radical (unpaired) electrons. The number of phenolic OH excluding ortho intramolecular Hbond substituents is 1. The quantitative estimate of drug-likeness (QED) is 0.118. The molecule has 15 nitrogen and oxygen atoms in total. The predicted molar refractivity (Wildman–Crippen MR) is 124 cm³/mol. The number of aromatic hydroxyl groups is 1. The zero-order chi connectivity index (χ0) is 25.1. The number of nitrogens with one attached hydrogen (secondary N) is 1. The maximum atomic E-state index is 11.2. The molecular weight excluding hydrogens is 534 g/mol. The van der Waals surface area contributed by atoms with Crippen LogP contribution in [-0.2, 0) is 20.2 Å². The van der Waals surface area contributed by atoms with Gasteiger partial charge in [-0.25, -0.2) is 5.53 Å². The average Bonchev–Trinajstić information content (AvgIpc) is 2.72. The molecule has 0 aliphatic rings. The number of rotatable bonds is 5. The molecule has 0 fully saturated rings. The van der Waals surface area contributed by atoms with Gasteiger partial charge in [-0.05, 0) is 18.2 Å². The van der Waals surface area contributed by atoms with Gasteiger partial charge in [0.1, 0.15) is 16.3 Å². The van der Waals surface area contributed by atoms with Crippen LogP contribution in [0.1, 0.15) is 0 Å². The number of benzene rings is 3. The number of nitro groups is 2. The van der Waals surface area contributed by atoms with Crippen LogP contribution in [0.25, 0.3) is 10.8 Å². The summed E-state index contributed by atoms with van der Waals surface area (Å²) in [6.07, 6.45) is 0. The molecule has 0 heterocycles. The number of nitrogens with zero attached hydrogens (tertiary/aromatic N) is 3. The summed E-state index contributed by atoms with van der Waals surface area (Å²) in [7, 11) is -9.37. The van der Waals surface area contributed by atoms with Crippen LogP contribution in [0.2, 0.25) is 0 Å². The molecule has 0 atom stereocenters. The van der Waals surface area contributed by atoms with Crippen LogP contribution in [0, 0.1) is 25.8 Å². The molecule has 19 heteroatoms. The van der Waals surface area contributed by atoms with Crippen molar-refractivity contribution in [3.63, 3.8) is 0 Å². The van der Waals surface area contributed by atoms with E-state index in [0.717, 1.165) is 42.5 Å². The van der Waals surface area contributed by atoms with Crippen molar-refractivity contribution in [2.45, 2.75) is 9.79 Å². The van der Waals surface area contributed by atoms with Crippen LogP contribution in [0.15, 0.2) is 63.4 Å². The number of hydrogen-bond donors (Lipinski definition) is 4. The van der Waals surface area contributed by atoms with E-state index in [1.165, 1.54) is 0 Å². The van der Waals surface area contributed by atoms with E-state index in [2.05, 4.69) is 5.11 Å². The second-order valence-corrected chi connectivity index (χ2v) is 8.85. The van der Waals surface area contributed by atoms with Crippen molar-refractivity contribution < 1.29 is 40.9 Å². The van der Waals surface area contributed by atoms with Gasteiger partial charge in [0.2, 0.25) is 0 Å². The van der Waals surface area contributed by atoms with Gasteiger partial charge in [0.15, 0.2) is 0 Å². The van der Waals surface area contributed by atoms with Crippen LogP contribution in [-0.4, -0.2) is 100 Å². The molecule has 0 bridgehead atoms. The molecule has 0 unspecified atom stereocenters. The van der Waals surface area contributed by atoms with Crippen molar-refractivity contribution in [2.24, 2.45) is 5.11 Å². The number of fused-ring (bicyclic) bond motifs is 1. The fourth-order valence-corrected chi connectivity index (χ4v) is 3.68. The molecular formula is C16H14N4Na2O11S2. The molecule has 0 aromatic heterocycles. The Morgan fingerprint density at radius 1 is 0.771 bits per heavy atom. The van der Waals surface area contributed by atoms with E-state index in [-0.39, 0.29) is 81.3 Å². The summed E-state index contributed by atoms with van der Waals surface area (Å²) < 4.78 is 62.7. The van der Waals surface area contributed by atoms with Crippen molar-refractivity contribution in [3.8, 4) is 5.75 Å². The van der Waals surface area contributed by atoms with Crippen LogP contribution in [0.4, 0.5) is 17.1 Å².